The predicted octanol–water partition coefficient (Wildman–Crippen LogP) is 2.87. The summed E-state index contributed by atoms with van der Waals surface area (Å²) in [6.45, 7) is 4.97. The Morgan fingerprint density at radius 3 is 2.48 bits per heavy atom. The van der Waals surface area contributed by atoms with Crippen molar-refractivity contribution in [1.82, 2.24) is 15.6 Å². The molecule has 2 aromatic carbocycles. The van der Waals surface area contributed by atoms with Gasteiger partial charge in [0.2, 0.25) is 5.91 Å². The van der Waals surface area contributed by atoms with E-state index in [0.717, 1.165) is 23.1 Å². The molecule has 1 atom stereocenters. The number of β-amino-alcohol motifs (C(OH)–C–C–N with tert-alkyl or cyclic N) is 1. The Balaban J connectivity index is 1.50. The van der Waals surface area contributed by atoms with Crippen LogP contribution in [0.5, 0.6) is 5.75 Å². The SMILES string of the molecule is CC(C)(Cc1cccc(CC(=O)NCc2ccc(O)cc2)c1)NC[C@@H](O)c1ccc(N)nc1. The van der Waals surface area contributed by atoms with Crippen molar-refractivity contribution in [3.05, 3.63) is 89.1 Å². The number of amides is 1. The molecule has 0 aliphatic rings. The molecule has 33 heavy (non-hydrogen) atoms. The van der Waals surface area contributed by atoms with Crippen molar-refractivity contribution in [3.8, 4) is 5.75 Å². The number of phenols is 1. The van der Waals surface area contributed by atoms with Gasteiger partial charge in [0.25, 0.3) is 0 Å². The highest BCUT2D eigenvalue weighted by molar-refractivity contribution is 5.78. The molecule has 1 heterocycles. The van der Waals surface area contributed by atoms with Crippen molar-refractivity contribution in [3.63, 3.8) is 0 Å². The third-order valence-electron chi connectivity index (χ3n) is 5.40. The number of nitrogens with one attached hydrogen (secondary N) is 2. The zero-order valence-electron chi connectivity index (χ0n) is 19.1. The van der Waals surface area contributed by atoms with E-state index < -0.39 is 6.10 Å². The number of benzene rings is 2. The number of phenolic OH excluding ortho intramolecular Hbond substituents is 1. The maximum atomic E-state index is 12.4. The third kappa shape index (κ3) is 7.89. The molecule has 7 nitrogen and oxygen atoms in total. The predicted molar refractivity (Wildman–Crippen MR) is 129 cm³/mol. The van der Waals surface area contributed by atoms with Gasteiger partial charge in [-0.3, -0.25) is 4.79 Å². The van der Waals surface area contributed by atoms with Gasteiger partial charge in [0, 0.05) is 30.4 Å². The largest absolute Gasteiger partial charge is 0.508 e. The normalized spacial score (nSPS) is 12.3. The summed E-state index contributed by atoms with van der Waals surface area (Å²) in [5.41, 5.74) is 9.04. The summed E-state index contributed by atoms with van der Waals surface area (Å²) in [6.07, 6.45) is 1.94. The van der Waals surface area contributed by atoms with Crippen molar-refractivity contribution in [2.24, 2.45) is 0 Å². The number of nitrogens with zero attached hydrogens (tertiary/aromatic N) is 1. The van der Waals surface area contributed by atoms with Crippen LogP contribution >= 0.6 is 0 Å². The molecule has 0 aliphatic carbocycles. The molecule has 0 spiro atoms. The first kappa shape index (κ1) is 24.2. The zero-order chi connectivity index (χ0) is 23.8. The molecule has 6 N–H and O–H groups in total. The number of hydrogen-bond acceptors (Lipinski definition) is 6. The highest BCUT2D eigenvalue weighted by atomic mass is 16.3. The first-order valence-electron chi connectivity index (χ1n) is 11.0. The van der Waals surface area contributed by atoms with Gasteiger partial charge in [-0.2, -0.15) is 0 Å². The Bertz CT molecular complexity index is 1050. The maximum Gasteiger partial charge on any atom is 0.224 e. The van der Waals surface area contributed by atoms with Crippen LogP contribution in [0, 0.1) is 0 Å². The average molecular weight is 449 g/mol. The lowest BCUT2D eigenvalue weighted by molar-refractivity contribution is -0.120. The van der Waals surface area contributed by atoms with Crippen LogP contribution in [0.2, 0.25) is 0 Å². The van der Waals surface area contributed by atoms with Crippen LogP contribution in [0.1, 0.15) is 42.2 Å². The van der Waals surface area contributed by atoms with Gasteiger partial charge >= 0.3 is 0 Å². The Kier molecular flexibility index (Phi) is 8.03. The van der Waals surface area contributed by atoms with Crippen LogP contribution in [0.4, 0.5) is 5.82 Å². The number of nitrogen functional groups attached to an aromatic ring is 1. The van der Waals surface area contributed by atoms with Gasteiger partial charge < -0.3 is 26.6 Å². The molecule has 1 aromatic heterocycles. The standard InChI is InChI=1S/C26H32N4O3/c1-26(2,30-17-23(32)21-8-11-24(27)28-16-21)14-20-5-3-4-19(12-20)13-25(33)29-15-18-6-9-22(31)10-7-18/h3-12,16,23,30-32H,13-15,17H2,1-2H3,(H2,27,28)(H,29,33)/t23-/m1/s1. The molecular weight excluding hydrogens is 416 g/mol. The minimum atomic E-state index is -0.680. The number of aliphatic hydroxyl groups excluding tert-OH is 1. The van der Waals surface area contributed by atoms with Crippen LogP contribution in [0.15, 0.2) is 66.9 Å². The zero-order valence-corrected chi connectivity index (χ0v) is 19.1. The summed E-state index contributed by atoms with van der Waals surface area (Å²) in [5, 5.41) is 26.1. The van der Waals surface area contributed by atoms with Crippen LogP contribution < -0.4 is 16.4 Å². The second kappa shape index (κ2) is 10.9. The highest BCUT2D eigenvalue weighted by Gasteiger charge is 2.20. The number of carbonyl (C=O) groups is 1. The van der Waals surface area contributed by atoms with E-state index >= 15 is 0 Å². The Morgan fingerprint density at radius 1 is 1.06 bits per heavy atom. The molecule has 0 saturated heterocycles. The van der Waals surface area contributed by atoms with Gasteiger partial charge in [-0.1, -0.05) is 42.5 Å². The third-order valence-corrected chi connectivity index (χ3v) is 5.40. The molecule has 0 bridgehead atoms. The minimum Gasteiger partial charge on any atom is -0.508 e. The van der Waals surface area contributed by atoms with Gasteiger partial charge in [0.15, 0.2) is 0 Å². The van der Waals surface area contributed by atoms with E-state index in [4.69, 9.17) is 5.73 Å². The minimum absolute atomic E-state index is 0.0576. The average Bonchev–Trinajstić information content (AvgIpc) is 2.77. The molecule has 0 radical (unpaired) electrons. The van der Waals surface area contributed by atoms with Gasteiger partial charge in [-0.05, 0) is 55.2 Å². The number of pyridine rings is 1. The lowest BCUT2D eigenvalue weighted by Crippen LogP contribution is -2.43. The number of aromatic hydroxyl groups is 1. The monoisotopic (exact) mass is 448 g/mol. The van der Waals surface area contributed by atoms with Crippen LogP contribution in [-0.4, -0.2) is 33.2 Å². The second-order valence-electron chi connectivity index (χ2n) is 8.91. The van der Waals surface area contributed by atoms with Crippen molar-refractivity contribution in [2.75, 3.05) is 12.3 Å². The van der Waals surface area contributed by atoms with Crippen LogP contribution in [0.3, 0.4) is 0 Å². The highest BCUT2D eigenvalue weighted by Crippen LogP contribution is 2.18. The number of hydrogen-bond donors (Lipinski definition) is 5. The van der Waals surface area contributed by atoms with E-state index in [1.807, 2.05) is 24.3 Å². The smallest absolute Gasteiger partial charge is 0.224 e. The van der Waals surface area contributed by atoms with Gasteiger partial charge in [0.1, 0.15) is 11.6 Å². The fraction of sp³-hybridized carbons (Fsp3) is 0.308. The number of anilines is 1. The Morgan fingerprint density at radius 2 is 1.79 bits per heavy atom. The molecule has 3 aromatic rings. The van der Waals surface area contributed by atoms with Crippen molar-refractivity contribution >= 4 is 11.7 Å². The Hall–Kier alpha value is -3.42. The molecule has 0 aliphatic heterocycles. The summed E-state index contributed by atoms with van der Waals surface area (Å²) in [6, 6.07) is 18.2. The van der Waals surface area contributed by atoms with E-state index in [2.05, 4.69) is 29.5 Å². The molecule has 0 unspecified atom stereocenters. The summed E-state index contributed by atoms with van der Waals surface area (Å²) >= 11 is 0. The van der Waals surface area contributed by atoms with E-state index in [1.54, 1.807) is 42.6 Å². The fourth-order valence-electron chi connectivity index (χ4n) is 3.59. The quantitative estimate of drug-likeness (QED) is 0.325. The van der Waals surface area contributed by atoms with Crippen molar-refractivity contribution in [2.45, 2.75) is 44.9 Å². The molecule has 0 fully saturated rings. The first-order chi connectivity index (χ1) is 15.7. The van der Waals surface area contributed by atoms with Crippen LogP contribution in [0.25, 0.3) is 0 Å². The summed E-state index contributed by atoms with van der Waals surface area (Å²) in [4.78, 5) is 16.4. The Labute approximate surface area is 194 Å². The van der Waals surface area contributed by atoms with Gasteiger partial charge in [-0.25, -0.2) is 4.98 Å². The molecule has 1 amide bonds. The van der Waals surface area contributed by atoms with E-state index in [1.165, 1.54) is 0 Å². The molecule has 7 heteroatoms. The van der Waals surface area contributed by atoms with Gasteiger partial charge in [-0.15, -0.1) is 0 Å². The molecular formula is C26H32N4O3. The molecule has 174 valence electrons. The van der Waals surface area contributed by atoms with E-state index in [-0.39, 0.29) is 17.2 Å². The van der Waals surface area contributed by atoms with E-state index in [9.17, 15) is 15.0 Å². The second-order valence-corrected chi connectivity index (χ2v) is 8.91. The lowest BCUT2D eigenvalue weighted by atomic mass is 9.93. The summed E-state index contributed by atoms with van der Waals surface area (Å²) in [7, 11) is 0. The number of carbonyl (C=O) groups excluding carboxylic acids is 1. The van der Waals surface area contributed by atoms with Crippen LogP contribution in [-0.2, 0) is 24.2 Å². The van der Waals surface area contributed by atoms with E-state index in [0.29, 0.717) is 30.9 Å². The summed E-state index contributed by atoms with van der Waals surface area (Å²) < 4.78 is 0. The van der Waals surface area contributed by atoms with Crippen molar-refractivity contribution in [1.29, 1.82) is 0 Å². The topological polar surface area (TPSA) is 120 Å². The van der Waals surface area contributed by atoms with Gasteiger partial charge in [0.05, 0.1) is 12.5 Å². The maximum absolute atomic E-state index is 12.4. The van der Waals surface area contributed by atoms with Crippen molar-refractivity contribution < 1.29 is 15.0 Å². The summed E-state index contributed by atoms with van der Waals surface area (Å²) in [5.74, 6) is 0.571. The lowest BCUT2D eigenvalue weighted by Gasteiger charge is -2.28. The number of aromatic nitrogens is 1. The molecule has 0 saturated carbocycles. The first-order valence-corrected chi connectivity index (χ1v) is 11.0. The number of aliphatic hydroxyl groups is 1. The number of rotatable bonds is 10. The molecule has 3 rings (SSSR count). The number of nitrogens with two attached hydrogens (primary N) is 1. The fourth-order valence-corrected chi connectivity index (χ4v) is 3.59.